The van der Waals surface area contributed by atoms with Crippen LogP contribution < -0.4 is 5.56 Å². The maximum Gasteiger partial charge on any atom is 0.260 e. The standard InChI is InChI=1S/C18H19N3O2S/c1-12-2-4-13(5-3-12)14-11-24-18-16(14)17(22)19-15(20-18)10-21-6-8-23-9-7-21/h2-5,11H,6-10H2,1H3,(H,19,20,22). The van der Waals surface area contributed by atoms with E-state index in [2.05, 4.69) is 46.1 Å². The molecular weight excluding hydrogens is 322 g/mol. The highest BCUT2D eigenvalue weighted by molar-refractivity contribution is 7.17. The third kappa shape index (κ3) is 3.00. The van der Waals surface area contributed by atoms with E-state index in [1.54, 1.807) is 0 Å². The number of hydrogen-bond acceptors (Lipinski definition) is 5. The molecule has 4 rings (SSSR count). The monoisotopic (exact) mass is 341 g/mol. The average Bonchev–Trinajstić information content (AvgIpc) is 3.01. The number of ether oxygens (including phenoxy) is 1. The van der Waals surface area contributed by atoms with Gasteiger partial charge in [-0.1, -0.05) is 29.8 Å². The SMILES string of the molecule is Cc1ccc(-c2csc3nc(CN4CCOCC4)[nH]c(=O)c23)cc1. The zero-order chi connectivity index (χ0) is 16.5. The first-order valence-electron chi connectivity index (χ1n) is 8.08. The van der Waals surface area contributed by atoms with Gasteiger partial charge in [0.1, 0.15) is 10.7 Å². The minimum absolute atomic E-state index is 0.0555. The number of H-pyrrole nitrogens is 1. The molecule has 3 heterocycles. The van der Waals surface area contributed by atoms with Crippen LogP contribution in [0.5, 0.6) is 0 Å². The molecule has 1 N–H and O–H groups in total. The van der Waals surface area contributed by atoms with E-state index in [1.165, 1.54) is 16.9 Å². The summed E-state index contributed by atoms with van der Waals surface area (Å²) >= 11 is 1.53. The van der Waals surface area contributed by atoms with Gasteiger partial charge >= 0.3 is 0 Å². The van der Waals surface area contributed by atoms with Crippen molar-refractivity contribution in [2.24, 2.45) is 0 Å². The van der Waals surface area contributed by atoms with Gasteiger partial charge in [-0.05, 0) is 12.5 Å². The van der Waals surface area contributed by atoms with Crippen molar-refractivity contribution in [3.63, 3.8) is 0 Å². The highest BCUT2D eigenvalue weighted by atomic mass is 32.1. The van der Waals surface area contributed by atoms with Crippen molar-refractivity contribution in [2.75, 3.05) is 26.3 Å². The first-order valence-corrected chi connectivity index (χ1v) is 8.96. The fourth-order valence-corrected chi connectivity index (χ4v) is 3.95. The third-order valence-electron chi connectivity index (χ3n) is 4.33. The van der Waals surface area contributed by atoms with Crippen LogP contribution in [0.15, 0.2) is 34.4 Å². The number of rotatable bonds is 3. The van der Waals surface area contributed by atoms with Crippen LogP contribution in [0.3, 0.4) is 0 Å². The number of hydrogen-bond donors (Lipinski definition) is 1. The highest BCUT2D eigenvalue weighted by Gasteiger charge is 2.16. The Balaban J connectivity index is 1.70. The summed E-state index contributed by atoms with van der Waals surface area (Å²) in [4.78, 5) is 23.3. The lowest BCUT2D eigenvalue weighted by Gasteiger charge is -2.25. The molecular formula is C18H19N3O2S. The average molecular weight is 341 g/mol. The van der Waals surface area contributed by atoms with Crippen LogP contribution in [0.2, 0.25) is 0 Å². The van der Waals surface area contributed by atoms with Crippen LogP contribution in [0, 0.1) is 6.92 Å². The van der Waals surface area contributed by atoms with E-state index < -0.39 is 0 Å². The molecule has 6 heteroatoms. The van der Waals surface area contributed by atoms with E-state index in [1.807, 2.05) is 5.38 Å². The zero-order valence-corrected chi connectivity index (χ0v) is 14.4. The number of nitrogens with one attached hydrogen (secondary N) is 1. The molecule has 0 amide bonds. The zero-order valence-electron chi connectivity index (χ0n) is 13.5. The van der Waals surface area contributed by atoms with Crippen LogP contribution in [0.4, 0.5) is 0 Å². The van der Waals surface area contributed by atoms with E-state index in [0.717, 1.165) is 48.1 Å². The number of nitrogens with zero attached hydrogens (tertiary/aromatic N) is 2. The smallest absolute Gasteiger partial charge is 0.260 e. The molecule has 3 aromatic rings. The number of aromatic nitrogens is 2. The van der Waals surface area contributed by atoms with E-state index in [0.29, 0.717) is 11.9 Å². The Morgan fingerprint density at radius 2 is 2.00 bits per heavy atom. The largest absolute Gasteiger partial charge is 0.379 e. The van der Waals surface area contributed by atoms with Gasteiger partial charge in [-0.2, -0.15) is 0 Å². The molecule has 0 saturated carbocycles. The molecule has 0 radical (unpaired) electrons. The molecule has 1 aliphatic heterocycles. The molecule has 0 aliphatic carbocycles. The van der Waals surface area contributed by atoms with Crippen LogP contribution in [-0.4, -0.2) is 41.2 Å². The molecule has 1 aliphatic rings. The lowest BCUT2D eigenvalue weighted by molar-refractivity contribution is 0.0331. The van der Waals surface area contributed by atoms with Gasteiger partial charge in [0.2, 0.25) is 0 Å². The van der Waals surface area contributed by atoms with Gasteiger partial charge < -0.3 is 9.72 Å². The van der Waals surface area contributed by atoms with E-state index in [9.17, 15) is 4.79 Å². The Bertz CT molecular complexity index is 908. The predicted octanol–water partition coefficient (Wildman–Crippen LogP) is 2.79. The van der Waals surface area contributed by atoms with Gasteiger partial charge in [-0.15, -0.1) is 11.3 Å². The number of thiophene rings is 1. The summed E-state index contributed by atoms with van der Waals surface area (Å²) in [6.45, 7) is 5.95. The van der Waals surface area contributed by atoms with Crippen LogP contribution in [0.1, 0.15) is 11.4 Å². The second kappa shape index (κ2) is 6.47. The molecule has 0 unspecified atom stereocenters. The lowest BCUT2D eigenvalue weighted by atomic mass is 10.1. The summed E-state index contributed by atoms with van der Waals surface area (Å²) in [7, 11) is 0. The van der Waals surface area contributed by atoms with Gasteiger partial charge in [0.15, 0.2) is 0 Å². The summed E-state index contributed by atoms with van der Waals surface area (Å²) in [5, 5.41) is 2.71. The Labute approximate surface area is 143 Å². The van der Waals surface area contributed by atoms with E-state index in [-0.39, 0.29) is 5.56 Å². The number of morpholine rings is 1. The quantitative estimate of drug-likeness (QED) is 0.796. The molecule has 1 fully saturated rings. The Morgan fingerprint density at radius 3 is 2.75 bits per heavy atom. The fraction of sp³-hybridized carbons (Fsp3) is 0.333. The molecule has 24 heavy (non-hydrogen) atoms. The van der Waals surface area contributed by atoms with Crippen molar-refractivity contribution in [3.8, 4) is 11.1 Å². The molecule has 0 atom stereocenters. The van der Waals surface area contributed by atoms with Gasteiger partial charge in [0, 0.05) is 24.0 Å². The fourth-order valence-electron chi connectivity index (χ4n) is 2.99. The molecule has 0 spiro atoms. The van der Waals surface area contributed by atoms with Gasteiger partial charge in [0.05, 0.1) is 25.1 Å². The molecule has 1 aromatic carbocycles. The number of benzene rings is 1. The molecule has 1 saturated heterocycles. The van der Waals surface area contributed by atoms with Crippen LogP contribution >= 0.6 is 11.3 Å². The topological polar surface area (TPSA) is 58.2 Å². The first kappa shape index (κ1) is 15.5. The lowest BCUT2D eigenvalue weighted by Crippen LogP contribution is -2.36. The van der Waals surface area contributed by atoms with Crippen LogP contribution in [-0.2, 0) is 11.3 Å². The van der Waals surface area contributed by atoms with E-state index >= 15 is 0 Å². The van der Waals surface area contributed by atoms with Crippen molar-refractivity contribution >= 4 is 21.6 Å². The maximum absolute atomic E-state index is 12.6. The highest BCUT2D eigenvalue weighted by Crippen LogP contribution is 2.30. The van der Waals surface area contributed by atoms with Gasteiger partial charge in [-0.3, -0.25) is 9.69 Å². The first-order chi connectivity index (χ1) is 11.7. The molecule has 0 bridgehead atoms. The number of aromatic amines is 1. The third-order valence-corrected chi connectivity index (χ3v) is 5.20. The molecule has 2 aromatic heterocycles. The van der Waals surface area contributed by atoms with Crippen molar-refractivity contribution in [2.45, 2.75) is 13.5 Å². The summed E-state index contributed by atoms with van der Waals surface area (Å²) < 4.78 is 5.36. The summed E-state index contributed by atoms with van der Waals surface area (Å²) in [6, 6.07) is 8.23. The molecule has 5 nitrogen and oxygen atoms in total. The van der Waals surface area contributed by atoms with Crippen LogP contribution in [0.25, 0.3) is 21.3 Å². The van der Waals surface area contributed by atoms with Crippen molar-refractivity contribution in [1.29, 1.82) is 0 Å². The van der Waals surface area contributed by atoms with Crippen molar-refractivity contribution in [1.82, 2.24) is 14.9 Å². The van der Waals surface area contributed by atoms with Gasteiger partial charge in [-0.25, -0.2) is 4.98 Å². The van der Waals surface area contributed by atoms with Crippen molar-refractivity contribution in [3.05, 3.63) is 51.4 Å². The maximum atomic E-state index is 12.6. The predicted molar refractivity (Wildman–Crippen MR) is 96.5 cm³/mol. The van der Waals surface area contributed by atoms with Gasteiger partial charge in [0.25, 0.3) is 5.56 Å². The summed E-state index contributed by atoms with van der Waals surface area (Å²) in [5.74, 6) is 0.728. The normalized spacial score (nSPS) is 15.9. The second-order valence-corrected chi connectivity index (χ2v) is 6.95. The minimum atomic E-state index is -0.0555. The number of aryl methyl sites for hydroxylation is 1. The summed E-state index contributed by atoms with van der Waals surface area (Å²) in [6.07, 6.45) is 0. The van der Waals surface area contributed by atoms with E-state index in [4.69, 9.17) is 4.74 Å². The number of fused-ring (bicyclic) bond motifs is 1. The summed E-state index contributed by atoms with van der Waals surface area (Å²) in [5.41, 5.74) is 3.17. The minimum Gasteiger partial charge on any atom is -0.379 e. The Morgan fingerprint density at radius 1 is 1.25 bits per heavy atom. The second-order valence-electron chi connectivity index (χ2n) is 6.10. The van der Waals surface area contributed by atoms with Crippen molar-refractivity contribution < 1.29 is 4.74 Å². The Kier molecular flexibility index (Phi) is 4.18. The molecule has 124 valence electrons. The Hall–Kier alpha value is -2.02.